The Balaban J connectivity index is 2.00. The summed E-state index contributed by atoms with van der Waals surface area (Å²) in [6.07, 6.45) is 0. The molecule has 0 aliphatic carbocycles. The highest BCUT2D eigenvalue weighted by Crippen LogP contribution is 2.27. The van der Waals surface area contributed by atoms with Crippen LogP contribution in [0.3, 0.4) is 0 Å². The molecule has 2 rings (SSSR count). The van der Waals surface area contributed by atoms with Crippen molar-refractivity contribution in [2.75, 3.05) is 5.32 Å². The van der Waals surface area contributed by atoms with E-state index in [1.165, 1.54) is 36.0 Å². The SMILES string of the molecule is CC(Sc1ccc([N+](=O)[O-])cc1)C(=O)Nc1ccc(Br)cc1F. The van der Waals surface area contributed by atoms with Crippen molar-refractivity contribution in [3.05, 3.63) is 62.9 Å². The highest BCUT2D eigenvalue weighted by Gasteiger charge is 2.17. The van der Waals surface area contributed by atoms with Crippen LogP contribution >= 0.6 is 27.7 Å². The topological polar surface area (TPSA) is 72.2 Å². The molecule has 5 nitrogen and oxygen atoms in total. The molecule has 0 heterocycles. The highest BCUT2D eigenvalue weighted by molar-refractivity contribution is 9.10. The second kappa shape index (κ2) is 7.56. The van der Waals surface area contributed by atoms with Gasteiger partial charge in [0, 0.05) is 21.5 Å². The number of rotatable bonds is 5. The number of hydrogen-bond acceptors (Lipinski definition) is 4. The fourth-order valence-corrected chi connectivity index (χ4v) is 2.93. The van der Waals surface area contributed by atoms with Gasteiger partial charge in [0.1, 0.15) is 5.82 Å². The lowest BCUT2D eigenvalue weighted by Gasteiger charge is -2.12. The number of carbonyl (C=O) groups excluding carboxylic acids is 1. The zero-order valence-electron chi connectivity index (χ0n) is 12.0. The first-order valence-electron chi connectivity index (χ1n) is 6.54. The summed E-state index contributed by atoms with van der Waals surface area (Å²) >= 11 is 4.38. The molecular weight excluding hydrogens is 387 g/mol. The molecule has 23 heavy (non-hydrogen) atoms. The second-order valence-corrected chi connectivity index (χ2v) is 6.95. The van der Waals surface area contributed by atoms with E-state index >= 15 is 0 Å². The smallest absolute Gasteiger partial charge is 0.269 e. The molecule has 1 N–H and O–H groups in total. The van der Waals surface area contributed by atoms with Gasteiger partial charge in [0.25, 0.3) is 5.69 Å². The minimum Gasteiger partial charge on any atom is -0.323 e. The fraction of sp³-hybridized carbons (Fsp3) is 0.133. The van der Waals surface area contributed by atoms with Crippen molar-refractivity contribution >= 4 is 45.0 Å². The van der Waals surface area contributed by atoms with Gasteiger partial charge in [-0.1, -0.05) is 15.9 Å². The Hall–Kier alpha value is -1.93. The zero-order valence-corrected chi connectivity index (χ0v) is 14.4. The van der Waals surface area contributed by atoms with E-state index in [-0.39, 0.29) is 17.3 Å². The summed E-state index contributed by atoms with van der Waals surface area (Å²) < 4.78 is 14.3. The number of carbonyl (C=O) groups is 1. The molecule has 0 bridgehead atoms. The summed E-state index contributed by atoms with van der Waals surface area (Å²) in [5.74, 6) is -0.880. The lowest BCUT2D eigenvalue weighted by Crippen LogP contribution is -2.22. The number of amides is 1. The number of nitro groups is 1. The number of anilines is 1. The van der Waals surface area contributed by atoms with Crippen LogP contribution in [-0.2, 0) is 4.79 Å². The van der Waals surface area contributed by atoms with Crippen LogP contribution in [0, 0.1) is 15.9 Å². The molecule has 0 spiro atoms. The molecule has 120 valence electrons. The molecule has 8 heteroatoms. The van der Waals surface area contributed by atoms with Gasteiger partial charge in [-0.15, -0.1) is 11.8 Å². The van der Waals surface area contributed by atoms with Crippen molar-refractivity contribution in [2.24, 2.45) is 0 Å². The molecule has 0 saturated heterocycles. The Kier molecular flexibility index (Phi) is 5.73. The van der Waals surface area contributed by atoms with E-state index in [4.69, 9.17) is 0 Å². The zero-order chi connectivity index (χ0) is 17.0. The Morgan fingerprint density at radius 2 is 1.96 bits per heavy atom. The number of nitrogens with one attached hydrogen (secondary N) is 1. The molecular formula is C15H12BrFN2O3S. The molecule has 1 amide bonds. The average molecular weight is 399 g/mol. The van der Waals surface area contributed by atoms with Crippen molar-refractivity contribution in [1.29, 1.82) is 0 Å². The molecule has 0 radical (unpaired) electrons. The Bertz CT molecular complexity index is 740. The summed E-state index contributed by atoms with van der Waals surface area (Å²) in [6, 6.07) is 10.3. The first kappa shape index (κ1) is 17.4. The first-order valence-corrected chi connectivity index (χ1v) is 8.21. The molecule has 0 aliphatic rings. The molecule has 1 unspecified atom stereocenters. The maximum atomic E-state index is 13.7. The van der Waals surface area contributed by atoms with E-state index in [1.54, 1.807) is 25.1 Å². The molecule has 2 aromatic carbocycles. The van der Waals surface area contributed by atoms with Gasteiger partial charge in [0.15, 0.2) is 0 Å². The molecule has 2 aromatic rings. The number of hydrogen-bond donors (Lipinski definition) is 1. The molecule has 0 saturated carbocycles. The molecule has 0 aliphatic heterocycles. The molecule has 0 fully saturated rings. The number of thioether (sulfide) groups is 1. The van der Waals surface area contributed by atoms with E-state index in [0.717, 1.165) is 4.90 Å². The van der Waals surface area contributed by atoms with Crippen LogP contribution in [0.15, 0.2) is 51.8 Å². The monoisotopic (exact) mass is 398 g/mol. The maximum Gasteiger partial charge on any atom is 0.269 e. The third-order valence-electron chi connectivity index (χ3n) is 2.92. The number of halogens is 2. The quantitative estimate of drug-likeness (QED) is 0.453. The molecule has 1 atom stereocenters. The van der Waals surface area contributed by atoms with E-state index in [9.17, 15) is 19.3 Å². The van der Waals surface area contributed by atoms with Crippen molar-refractivity contribution in [2.45, 2.75) is 17.1 Å². The summed E-state index contributed by atoms with van der Waals surface area (Å²) in [7, 11) is 0. The van der Waals surface area contributed by atoms with E-state index in [2.05, 4.69) is 21.2 Å². The average Bonchev–Trinajstić information content (AvgIpc) is 2.50. The maximum absolute atomic E-state index is 13.7. The van der Waals surface area contributed by atoms with Gasteiger partial charge in [0.05, 0.1) is 15.9 Å². The van der Waals surface area contributed by atoms with Gasteiger partial charge in [-0.3, -0.25) is 14.9 Å². The van der Waals surface area contributed by atoms with E-state index < -0.39 is 16.0 Å². The van der Waals surface area contributed by atoms with E-state index in [0.29, 0.717) is 4.47 Å². The van der Waals surface area contributed by atoms with Crippen molar-refractivity contribution < 1.29 is 14.1 Å². The van der Waals surface area contributed by atoms with Gasteiger partial charge >= 0.3 is 0 Å². The van der Waals surface area contributed by atoms with Crippen LogP contribution in [-0.4, -0.2) is 16.1 Å². The summed E-state index contributed by atoms with van der Waals surface area (Å²) in [5.41, 5.74) is 0.0951. The summed E-state index contributed by atoms with van der Waals surface area (Å²) in [6.45, 7) is 1.68. The normalized spacial score (nSPS) is 11.8. The van der Waals surface area contributed by atoms with Crippen molar-refractivity contribution in [3.8, 4) is 0 Å². The molecule has 0 aromatic heterocycles. The second-order valence-electron chi connectivity index (χ2n) is 4.62. The first-order chi connectivity index (χ1) is 10.9. The van der Waals surface area contributed by atoms with Crippen LogP contribution < -0.4 is 5.32 Å². The largest absolute Gasteiger partial charge is 0.323 e. The number of nitro benzene ring substituents is 1. The standard InChI is InChI=1S/C15H12BrFN2O3S/c1-9(23-12-5-3-11(4-6-12)19(21)22)15(20)18-14-7-2-10(16)8-13(14)17/h2-9H,1H3,(H,18,20). The van der Waals surface area contributed by atoms with Crippen LogP contribution in [0.25, 0.3) is 0 Å². The van der Waals surface area contributed by atoms with Crippen LogP contribution in [0.5, 0.6) is 0 Å². The van der Waals surface area contributed by atoms with Gasteiger partial charge in [0.2, 0.25) is 5.91 Å². The number of non-ortho nitro benzene ring substituents is 1. The third kappa shape index (κ3) is 4.77. The van der Waals surface area contributed by atoms with Crippen LogP contribution in [0.1, 0.15) is 6.92 Å². The highest BCUT2D eigenvalue weighted by atomic mass is 79.9. The van der Waals surface area contributed by atoms with Crippen molar-refractivity contribution in [1.82, 2.24) is 0 Å². The predicted molar refractivity (Wildman–Crippen MR) is 91.1 cm³/mol. The van der Waals surface area contributed by atoms with Gasteiger partial charge in [-0.25, -0.2) is 4.39 Å². The van der Waals surface area contributed by atoms with E-state index in [1.807, 2.05) is 0 Å². The Morgan fingerprint density at radius 3 is 2.52 bits per heavy atom. The third-order valence-corrected chi connectivity index (χ3v) is 4.52. The fourth-order valence-electron chi connectivity index (χ4n) is 1.73. The summed E-state index contributed by atoms with van der Waals surface area (Å²) in [5, 5.41) is 12.6. The Labute approximate surface area is 144 Å². The number of benzene rings is 2. The van der Waals surface area contributed by atoms with Gasteiger partial charge < -0.3 is 5.32 Å². The summed E-state index contributed by atoms with van der Waals surface area (Å²) in [4.78, 5) is 22.9. The number of nitrogens with zero attached hydrogens (tertiary/aromatic N) is 1. The van der Waals surface area contributed by atoms with Crippen LogP contribution in [0.2, 0.25) is 0 Å². The van der Waals surface area contributed by atoms with Crippen molar-refractivity contribution in [3.63, 3.8) is 0 Å². The lowest BCUT2D eigenvalue weighted by molar-refractivity contribution is -0.384. The van der Waals surface area contributed by atoms with Gasteiger partial charge in [-0.05, 0) is 37.3 Å². The predicted octanol–water partition coefficient (Wildman–Crippen LogP) is 4.62. The van der Waals surface area contributed by atoms with Gasteiger partial charge in [-0.2, -0.15) is 0 Å². The van der Waals surface area contributed by atoms with Crippen LogP contribution in [0.4, 0.5) is 15.8 Å². The minimum atomic E-state index is -0.528. The lowest BCUT2D eigenvalue weighted by atomic mass is 10.3. The minimum absolute atomic E-state index is 0.0108. The Morgan fingerprint density at radius 1 is 1.30 bits per heavy atom.